The molecule has 0 aliphatic heterocycles. The summed E-state index contributed by atoms with van der Waals surface area (Å²) in [7, 11) is 1.53. The number of para-hydroxylation sites is 1. The highest BCUT2D eigenvalue weighted by Crippen LogP contribution is 2.31. The summed E-state index contributed by atoms with van der Waals surface area (Å²) in [5, 5.41) is 15.2. The Kier molecular flexibility index (Phi) is 10.1. The van der Waals surface area contributed by atoms with Gasteiger partial charge in [-0.05, 0) is 17.2 Å². The Morgan fingerprint density at radius 2 is 1.33 bits per heavy atom. The van der Waals surface area contributed by atoms with Crippen LogP contribution in [0.2, 0.25) is 5.15 Å². The number of aromatic nitrogens is 8. The quantitative estimate of drug-likeness (QED) is 0.0661. The van der Waals surface area contributed by atoms with E-state index in [0.29, 0.717) is 56.0 Å². The minimum atomic E-state index is 0.117. The van der Waals surface area contributed by atoms with Crippen LogP contribution in [0.3, 0.4) is 0 Å². The zero-order chi connectivity index (χ0) is 31.7. The van der Waals surface area contributed by atoms with Crippen molar-refractivity contribution in [3.05, 3.63) is 113 Å². The van der Waals surface area contributed by atoms with Crippen molar-refractivity contribution >= 4 is 63.3 Å². The van der Waals surface area contributed by atoms with Gasteiger partial charge in [0.05, 0.1) is 19.8 Å². The van der Waals surface area contributed by atoms with Crippen LogP contribution < -0.4 is 10.1 Å². The summed E-state index contributed by atoms with van der Waals surface area (Å²) in [5.74, 6) is 2.78. The topological polar surface area (TPSA) is 150 Å². The summed E-state index contributed by atoms with van der Waals surface area (Å²) in [4.78, 5) is 32.0. The Morgan fingerprint density at radius 1 is 0.739 bits per heavy atom. The highest BCUT2D eigenvalue weighted by atomic mass is 35.5. The number of phenolic OH excluding ortho intramolecular Hbond substituents is 1. The average molecular weight is 670 g/mol. The second-order valence-corrected chi connectivity index (χ2v) is 12.0. The molecule has 0 spiro atoms. The van der Waals surface area contributed by atoms with Crippen molar-refractivity contribution in [2.45, 2.75) is 28.4 Å². The fourth-order valence-corrected chi connectivity index (χ4v) is 6.21. The van der Waals surface area contributed by atoms with Crippen molar-refractivity contribution in [3.8, 4) is 11.5 Å². The molecule has 4 aromatic heterocycles. The number of benzene rings is 3. The van der Waals surface area contributed by atoms with Crippen LogP contribution >= 0.6 is 35.1 Å². The van der Waals surface area contributed by atoms with Crippen molar-refractivity contribution in [2.75, 3.05) is 12.4 Å². The first-order valence-electron chi connectivity index (χ1n) is 14.1. The molecular weight excluding hydrogens is 642 g/mol. The van der Waals surface area contributed by atoms with Gasteiger partial charge in [-0.15, -0.1) is 0 Å². The number of hydrogen-bond acceptors (Lipinski definition) is 11. The lowest BCUT2D eigenvalue weighted by molar-refractivity contribution is 0.371. The van der Waals surface area contributed by atoms with Crippen LogP contribution in [0.15, 0.2) is 102 Å². The molecule has 46 heavy (non-hydrogen) atoms. The third-order valence-corrected chi connectivity index (χ3v) is 8.77. The first kappa shape index (κ1) is 31.1. The molecule has 3 aromatic carbocycles. The van der Waals surface area contributed by atoms with E-state index in [2.05, 4.69) is 69.5 Å². The van der Waals surface area contributed by atoms with Gasteiger partial charge in [0.2, 0.25) is 0 Å². The minimum Gasteiger partial charge on any atom is -0.504 e. The van der Waals surface area contributed by atoms with Crippen molar-refractivity contribution in [1.29, 1.82) is 0 Å². The highest BCUT2D eigenvalue weighted by molar-refractivity contribution is 7.98. The second-order valence-electron chi connectivity index (χ2n) is 9.72. The number of halogens is 1. The molecule has 0 amide bonds. The van der Waals surface area contributed by atoms with Gasteiger partial charge in [-0.2, -0.15) is 0 Å². The summed E-state index contributed by atoms with van der Waals surface area (Å²) < 4.78 is 5.17. The number of phenols is 1. The summed E-state index contributed by atoms with van der Waals surface area (Å²) in [5.41, 5.74) is 5.75. The van der Waals surface area contributed by atoms with Crippen molar-refractivity contribution < 1.29 is 9.84 Å². The molecule has 0 aliphatic rings. The van der Waals surface area contributed by atoms with Crippen molar-refractivity contribution in [2.24, 2.45) is 0 Å². The Labute approximate surface area is 277 Å². The van der Waals surface area contributed by atoms with Gasteiger partial charge >= 0.3 is 0 Å². The number of fused-ring (bicyclic) bond motifs is 2. The maximum absolute atomic E-state index is 10.3. The normalized spacial score (nSPS) is 10.9. The Morgan fingerprint density at radius 3 is 1.96 bits per heavy atom. The van der Waals surface area contributed by atoms with Crippen LogP contribution in [-0.2, 0) is 18.1 Å². The third kappa shape index (κ3) is 7.68. The van der Waals surface area contributed by atoms with E-state index in [-0.39, 0.29) is 5.75 Å². The molecule has 7 rings (SSSR count). The number of aromatic amines is 2. The smallest absolute Gasteiger partial charge is 0.192 e. The fourth-order valence-electron chi connectivity index (χ4n) is 4.35. The van der Waals surface area contributed by atoms with Crippen LogP contribution in [0.4, 0.5) is 5.82 Å². The van der Waals surface area contributed by atoms with Crippen LogP contribution in [0.25, 0.3) is 22.3 Å². The molecule has 4 N–H and O–H groups in total. The van der Waals surface area contributed by atoms with Gasteiger partial charge in [0, 0.05) is 23.6 Å². The van der Waals surface area contributed by atoms with Crippen molar-refractivity contribution in [1.82, 2.24) is 39.9 Å². The molecule has 0 unspecified atom stereocenters. The zero-order valence-corrected chi connectivity index (χ0v) is 26.9. The SMILES string of the molecule is COc1cccc(CNc2nc(SCc3ccccc3)nc3nc[nH]c23)c1O.Clc1nc(SCc2ccccc2)nc2nc[nH]c12. The fraction of sp³-hybridized carbons (Fsp3) is 0.125. The van der Waals surface area contributed by atoms with Gasteiger partial charge in [0.25, 0.3) is 0 Å². The molecule has 0 fully saturated rings. The van der Waals surface area contributed by atoms with Crippen LogP contribution in [0.1, 0.15) is 16.7 Å². The predicted octanol–water partition coefficient (Wildman–Crippen LogP) is 7.27. The number of imidazole rings is 2. The molecule has 14 heteroatoms. The Bertz CT molecular complexity index is 2040. The molecule has 0 aliphatic carbocycles. The van der Waals surface area contributed by atoms with E-state index in [1.54, 1.807) is 42.2 Å². The summed E-state index contributed by atoms with van der Waals surface area (Å²) in [6, 6.07) is 25.7. The molecule has 0 atom stereocenters. The van der Waals surface area contributed by atoms with E-state index >= 15 is 0 Å². The van der Waals surface area contributed by atoms with E-state index in [0.717, 1.165) is 17.0 Å². The van der Waals surface area contributed by atoms with Crippen LogP contribution in [0.5, 0.6) is 11.5 Å². The molecule has 0 saturated carbocycles. The Balaban J connectivity index is 0.000000178. The van der Waals surface area contributed by atoms with Crippen LogP contribution in [0, 0.1) is 0 Å². The lowest BCUT2D eigenvalue weighted by atomic mass is 10.2. The first-order valence-corrected chi connectivity index (χ1v) is 16.4. The number of anilines is 1. The van der Waals surface area contributed by atoms with Gasteiger partial charge in [-0.3, -0.25) is 0 Å². The lowest BCUT2D eigenvalue weighted by Gasteiger charge is -2.11. The lowest BCUT2D eigenvalue weighted by Crippen LogP contribution is -2.04. The van der Waals surface area contributed by atoms with E-state index in [1.165, 1.54) is 18.2 Å². The highest BCUT2D eigenvalue weighted by Gasteiger charge is 2.13. The van der Waals surface area contributed by atoms with E-state index in [9.17, 15) is 5.11 Å². The second kappa shape index (κ2) is 15.0. The molecule has 232 valence electrons. The van der Waals surface area contributed by atoms with E-state index in [1.807, 2.05) is 48.5 Å². The molecule has 0 saturated heterocycles. The zero-order valence-electron chi connectivity index (χ0n) is 24.5. The monoisotopic (exact) mass is 669 g/mol. The maximum Gasteiger partial charge on any atom is 0.192 e. The molecule has 7 aromatic rings. The number of nitrogens with zero attached hydrogens (tertiary/aromatic N) is 6. The molecule has 0 bridgehead atoms. The summed E-state index contributed by atoms with van der Waals surface area (Å²) in [6.07, 6.45) is 3.16. The maximum atomic E-state index is 10.3. The number of hydrogen-bond donors (Lipinski definition) is 4. The van der Waals surface area contributed by atoms with Gasteiger partial charge < -0.3 is 25.1 Å². The van der Waals surface area contributed by atoms with E-state index < -0.39 is 0 Å². The first-order chi connectivity index (χ1) is 22.6. The summed E-state index contributed by atoms with van der Waals surface area (Å²) in [6.45, 7) is 0.386. The third-order valence-electron chi connectivity index (χ3n) is 6.66. The minimum absolute atomic E-state index is 0.117. The number of ether oxygens (including phenoxy) is 1. The van der Waals surface area contributed by atoms with Crippen molar-refractivity contribution in [3.63, 3.8) is 0 Å². The molecule has 4 heterocycles. The number of rotatable bonds is 10. The van der Waals surface area contributed by atoms with Gasteiger partial charge in [-0.25, -0.2) is 29.9 Å². The van der Waals surface area contributed by atoms with Gasteiger partial charge in [-0.1, -0.05) is 108 Å². The van der Waals surface area contributed by atoms with E-state index in [4.69, 9.17) is 16.3 Å². The standard InChI is InChI=1S/C20H19N5O2S.C12H9ClN4S/c1-27-15-9-5-8-14(17(15)26)10-21-18-16-19(23-12-22-16)25-20(24-18)28-11-13-6-3-2-4-7-13;13-10-9-11(15-7-14-9)17-12(16-10)18-6-8-4-2-1-3-5-8/h2-9,12,26H,10-11H2,1H3,(H2,21,22,23,24,25);1-5,7H,6H2,(H,14,15,16,17). The largest absolute Gasteiger partial charge is 0.504 e. The predicted molar refractivity (Wildman–Crippen MR) is 182 cm³/mol. The average Bonchev–Trinajstić information content (AvgIpc) is 3.78. The number of methoxy groups -OCH3 is 1. The van der Waals surface area contributed by atoms with Gasteiger partial charge in [0.1, 0.15) is 11.0 Å². The van der Waals surface area contributed by atoms with Crippen LogP contribution in [-0.4, -0.2) is 52.1 Å². The molecule has 11 nitrogen and oxygen atoms in total. The summed E-state index contributed by atoms with van der Waals surface area (Å²) >= 11 is 9.15. The number of thioether (sulfide) groups is 2. The number of nitrogens with one attached hydrogen (secondary N) is 3. The molecule has 0 radical (unpaired) electrons. The number of H-pyrrole nitrogens is 2. The number of aromatic hydroxyl groups is 1. The Hall–Kier alpha value is -4.85. The van der Waals surface area contributed by atoms with Gasteiger partial charge in [0.15, 0.2) is 44.1 Å². The molecular formula is C32H28ClN9O2S2.